The molecule has 0 radical (unpaired) electrons. The van der Waals surface area contributed by atoms with Crippen LogP contribution in [0.25, 0.3) is 11.3 Å². The van der Waals surface area contributed by atoms with Crippen molar-refractivity contribution in [2.24, 2.45) is 5.73 Å². The minimum atomic E-state index is -0.555. The summed E-state index contributed by atoms with van der Waals surface area (Å²) in [4.78, 5) is 40.8. The lowest BCUT2D eigenvalue weighted by Gasteiger charge is -2.29. The van der Waals surface area contributed by atoms with Gasteiger partial charge in [-0.25, -0.2) is 4.52 Å². The molecule has 0 saturated carbocycles. The summed E-state index contributed by atoms with van der Waals surface area (Å²) in [5.41, 5.74) is 9.92. The smallest absolute Gasteiger partial charge is 0.261 e. The van der Waals surface area contributed by atoms with Crippen LogP contribution in [0.5, 0.6) is 0 Å². The van der Waals surface area contributed by atoms with E-state index in [9.17, 15) is 14.4 Å². The number of hydrogen-bond acceptors (Lipinski definition) is 5. The van der Waals surface area contributed by atoms with Gasteiger partial charge in [0.2, 0.25) is 5.91 Å². The number of anilines is 1. The third-order valence-electron chi connectivity index (χ3n) is 7.18. The number of carbonyl (C=O) groups is 2. The van der Waals surface area contributed by atoms with E-state index < -0.39 is 5.91 Å². The Bertz CT molecular complexity index is 1870. The topological polar surface area (TPSA) is 115 Å². The fourth-order valence-electron chi connectivity index (χ4n) is 5.07. The summed E-state index contributed by atoms with van der Waals surface area (Å²) in [5.74, 6) is -0.774. The molecule has 0 saturated heterocycles. The zero-order valence-electron chi connectivity index (χ0n) is 21.7. The zero-order chi connectivity index (χ0) is 28.7. The average molecular weight is 587 g/mol. The Morgan fingerprint density at radius 3 is 2.39 bits per heavy atom. The van der Waals surface area contributed by atoms with Crippen LogP contribution in [-0.2, 0) is 19.5 Å². The number of benzene rings is 3. The minimum Gasteiger partial charge on any atom is -0.377 e. The van der Waals surface area contributed by atoms with Gasteiger partial charge in [-0.05, 0) is 54.4 Å². The van der Waals surface area contributed by atoms with Crippen LogP contribution in [0.2, 0.25) is 10.0 Å². The van der Waals surface area contributed by atoms with Gasteiger partial charge < -0.3 is 16.0 Å². The summed E-state index contributed by atoms with van der Waals surface area (Å²) in [6.07, 6.45) is 2.01. The van der Waals surface area contributed by atoms with Crippen LogP contribution in [0.4, 0.5) is 5.69 Å². The second kappa shape index (κ2) is 10.8. The maximum atomic E-state index is 14.1. The molecular formula is C30H24Cl2N6O3. The first kappa shape index (κ1) is 26.6. The number of aromatic nitrogens is 3. The second-order valence-corrected chi connectivity index (χ2v) is 10.5. The molecule has 0 spiro atoms. The summed E-state index contributed by atoms with van der Waals surface area (Å²) in [6, 6.07) is 21.2. The molecule has 3 heterocycles. The largest absolute Gasteiger partial charge is 0.377 e. The molecule has 5 aromatic rings. The lowest BCUT2D eigenvalue weighted by atomic mass is 10.0. The second-order valence-electron chi connectivity index (χ2n) is 9.72. The first-order valence-corrected chi connectivity index (χ1v) is 13.6. The molecule has 41 heavy (non-hydrogen) atoms. The van der Waals surface area contributed by atoms with E-state index in [2.05, 4.69) is 10.4 Å². The maximum Gasteiger partial charge on any atom is 0.261 e. The highest BCUT2D eigenvalue weighted by molar-refractivity contribution is 6.42. The van der Waals surface area contributed by atoms with Crippen molar-refractivity contribution in [1.29, 1.82) is 0 Å². The van der Waals surface area contributed by atoms with Gasteiger partial charge in [0, 0.05) is 29.8 Å². The highest BCUT2D eigenvalue weighted by atomic mass is 35.5. The number of rotatable bonds is 6. The molecule has 1 aliphatic rings. The van der Waals surface area contributed by atoms with Crippen molar-refractivity contribution in [1.82, 2.24) is 19.1 Å². The zero-order valence-corrected chi connectivity index (χ0v) is 23.2. The molecule has 1 aliphatic heterocycles. The molecule has 3 N–H and O–H groups in total. The van der Waals surface area contributed by atoms with E-state index in [0.717, 1.165) is 5.56 Å². The van der Waals surface area contributed by atoms with Crippen LogP contribution < -0.4 is 16.6 Å². The van der Waals surface area contributed by atoms with Crippen molar-refractivity contribution in [3.63, 3.8) is 0 Å². The van der Waals surface area contributed by atoms with Crippen molar-refractivity contribution in [3.8, 4) is 5.69 Å². The van der Waals surface area contributed by atoms with E-state index >= 15 is 0 Å². The molecule has 0 aliphatic carbocycles. The Morgan fingerprint density at radius 2 is 1.68 bits per heavy atom. The monoisotopic (exact) mass is 586 g/mol. The average Bonchev–Trinajstić information content (AvgIpc) is 3.41. The Balaban J connectivity index is 1.45. The maximum absolute atomic E-state index is 14.1. The van der Waals surface area contributed by atoms with Crippen molar-refractivity contribution >= 4 is 46.4 Å². The lowest BCUT2D eigenvalue weighted by molar-refractivity contribution is 0.0729. The number of hydrogen-bond donors (Lipinski definition) is 2. The Kier molecular flexibility index (Phi) is 6.98. The predicted molar refractivity (Wildman–Crippen MR) is 158 cm³/mol. The van der Waals surface area contributed by atoms with E-state index in [1.165, 1.54) is 0 Å². The van der Waals surface area contributed by atoms with Crippen LogP contribution >= 0.6 is 23.2 Å². The highest BCUT2D eigenvalue weighted by Crippen LogP contribution is 2.28. The van der Waals surface area contributed by atoms with E-state index in [1.54, 1.807) is 62.6 Å². The third kappa shape index (κ3) is 4.94. The van der Waals surface area contributed by atoms with Crippen LogP contribution in [0.15, 0.2) is 83.8 Å². The first-order valence-electron chi connectivity index (χ1n) is 12.9. The normalized spacial score (nSPS) is 12.8. The number of halogens is 2. The lowest BCUT2D eigenvalue weighted by Crippen LogP contribution is -2.41. The number of fused-ring (bicyclic) bond motifs is 3. The van der Waals surface area contributed by atoms with Crippen LogP contribution in [0.1, 0.15) is 37.5 Å². The van der Waals surface area contributed by atoms with E-state index in [0.29, 0.717) is 69.0 Å². The van der Waals surface area contributed by atoms with Gasteiger partial charge in [0.1, 0.15) is 0 Å². The van der Waals surface area contributed by atoms with Crippen LogP contribution in [-0.4, -0.2) is 37.4 Å². The Labute approximate surface area is 244 Å². The summed E-state index contributed by atoms with van der Waals surface area (Å²) < 4.78 is 3.29. The van der Waals surface area contributed by atoms with E-state index in [4.69, 9.17) is 28.9 Å². The van der Waals surface area contributed by atoms with Gasteiger partial charge in [-0.15, -0.1) is 0 Å². The van der Waals surface area contributed by atoms with Gasteiger partial charge in [-0.1, -0.05) is 53.5 Å². The van der Waals surface area contributed by atoms with Gasteiger partial charge in [0.15, 0.2) is 5.65 Å². The van der Waals surface area contributed by atoms with Gasteiger partial charge in [0.05, 0.1) is 39.9 Å². The summed E-state index contributed by atoms with van der Waals surface area (Å²) in [6.45, 7) is 1.03. The summed E-state index contributed by atoms with van der Waals surface area (Å²) in [5, 5.41) is 8.72. The van der Waals surface area contributed by atoms with Crippen molar-refractivity contribution in [2.75, 3.05) is 11.9 Å². The standard InChI is InChI=1S/C30H24Cl2N6O3/c31-23-11-8-20(14-24(23)32)29(40)36-13-12-22-26(17-36)38-28(25(16-35-38)34-15-18-4-2-1-3-5-18)37(30(22)41)21-9-6-19(7-10-21)27(33)39/h1-11,14,16,34H,12-13,15,17H2,(H2,33,39). The Morgan fingerprint density at radius 1 is 0.951 bits per heavy atom. The van der Waals surface area contributed by atoms with Crippen LogP contribution in [0.3, 0.4) is 0 Å². The van der Waals surface area contributed by atoms with Crippen molar-refractivity contribution < 1.29 is 9.59 Å². The SMILES string of the molecule is NC(=O)c1ccc(-n2c(=O)c3c(n4ncc(NCc5ccccc5)c24)CN(C(=O)c2ccc(Cl)c(Cl)c2)CC3)cc1. The first-order chi connectivity index (χ1) is 19.8. The molecule has 2 aromatic heterocycles. The molecule has 0 bridgehead atoms. The van der Waals surface area contributed by atoms with E-state index in [-0.39, 0.29) is 18.0 Å². The van der Waals surface area contributed by atoms with Crippen molar-refractivity contribution in [3.05, 3.63) is 127 Å². The van der Waals surface area contributed by atoms with E-state index in [1.807, 2.05) is 30.3 Å². The number of nitrogens with zero attached hydrogens (tertiary/aromatic N) is 4. The number of nitrogens with one attached hydrogen (secondary N) is 1. The van der Waals surface area contributed by atoms with Crippen LogP contribution in [0, 0.1) is 0 Å². The molecule has 9 nitrogen and oxygen atoms in total. The molecular weight excluding hydrogens is 563 g/mol. The minimum absolute atomic E-state index is 0.182. The quantitative estimate of drug-likeness (QED) is 0.299. The molecule has 0 unspecified atom stereocenters. The van der Waals surface area contributed by atoms with Gasteiger partial charge in [-0.2, -0.15) is 5.10 Å². The molecule has 206 valence electrons. The summed E-state index contributed by atoms with van der Waals surface area (Å²) in [7, 11) is 0. The number of carbonyl (C=O) groups excluding carboxylic acids is 2. The summed E-state index contributed by atoms with van der Waals surface area (Å²) >= 11 is 12.2. The molecule has 2 amide bonds. The predicted octanol–water partition coefficient (Wildman–Crippen LogP) is 4.70. The van der Waals surface area contributed by atoms with Crippen molar-refractivity contribution in [2.45, 2.75) is 19.5 Å². The Hall–Kier alpha value is -4.60. The molecule has 0 fully saturated rings. The number of primary amides is 1. The third-order valence-corrected chi connectivity index (χ3v) is 7.92. The fourth-order valence-corrected chi connectivity index (χ4v) is 5.37. The molecule has 11 heteroatoms. The van der Waals surface area contributed by atoms with Gasteiger partial charge in [-0.3, -0.25) is 19.0 Å². The molecule has 6 rings (SSSR count). The van der Waals surface area contributed by atoms with Gasteiger partial charge >= 0.3 is 0 Å². The number of nitrogens with two attached hydrogens (primary N) is 1. The number of amides is 2. The molecule has 0 atom stereocenters. The fraction of sp³-hybridized carbons (Fsp3) is 0.133. The van der Waals surface area contributed by atoms with Gasteiger partial charge in [0.25, 0.3) is 11.5 Å². The highest BCUT2D eigenvalue weighted by Gasteiger charge is 2.29. The molecule has 3 aromatic carbocycles.